The molecule has 0 amide bonds. The van der Waals surface area contributed by atoms with Crippen molar-refractivity contribution in [3.63, 3.8) is 0 Å². The molecule has 0 aliphatic rings. The summed E-state index contributed by atoms with van der Waals surface area (Å²) in [6.07, 6.45) is 7.45. The van der Waals surface area contributed by atoms with E-state index in [4.69, 9.17) is 4.74 Å². The third-order valence-electron chi connectivity index (χ3n) is 5.40. The molecule has 1 nitrogen and oxygen atoms in total. The van der Waals surface area contributed by atoms with Gasteiger partial charge in [-0.1, -0.05) is 88.4 Å². The summed E-state index contributed by atoms with van der Waals surface area (Å²) in [6.45, 7) is 9.81. The van der Waals surface area contributed by atoms with Crippen LogP contribution in [0.4, 0.5) is 0 Å². The number of hydrogen-bond acceptors (Lipinski definition) is 1. The Kier molecular flexibility index (Phi) is 7.55. The molecule has 0 N–H and O–H groups in total. The normalized spacial score (nSPS) is 13.4. The van der Waals surface area contributed by atoms with Crippen molar-refractivity contribution in [1.29, 1.82) is 0 Å². The minimum atomic E-state index is 0.0480. The molecule has 1 unspecified atom stereocenters. The molecule has 0 saturated carbocycles. The lowest BCUT2D eigenvalue weighted by Crippen LogP contribution is -2.22. The van der Waals surface area contributed by atoms with Crippen molar-refractivity contribution in [2.45, 2.75) is 71.6 Å². The first-order valence-electron chi connectivity index (χ1n) is 9.90. The maximum atomic E-state index is 5.91. The summed E-state index contributed by atoms with van der Waals surface area (Å²) in [5.41, 5.74) is 4.09. The zero-order valence-corrected chi connectivity index (χ0v) is 16.5. The van der Waals surface area contributed by atoms with E-state index in [2.05, 4.69) is 76.2 Å². The number of hydrogen-bond donors (Lipinski definition) is 0. The molecule has 136 valence electrons. The van der Waals surface area contributed by atoms with Crippen LogP contribution in [0.5, 0.6) is 5.75 Å². The largest absolute Gasteiger partial charge is 0.494 e. The fourth-order valence-electron chi connectivity index (χ4n) is 3.31. The Morgan fingerprint density at radius 3 is 1.88 bits per heavy atom. The van der Waals surface area contributed by atoms with E-state index in [9.17, 15) is 0 Å². The summed E-state index contributed by atoms with van der Waals surface area (Å²) in [4.78, 5) is 0. The molecule has 2 aromatic carbocycles. The predicted octanol–water partition coefficient (Wildman–Crippen LogP) is 7.06. The molecule has 0 radical (unpaired) electrons. The van der Waals surface area contributed by atoms with Gasteiger partial charge in [-0.15, -0.1) is 0 Å². The molecule has 1 atom stereocenters. The number of benzene rings is 2. The van der Waals surface area contributed by atoms with Gasteiger partial charge in [0, 0.05) is 5.41 Å². The Morgan fingerprint density at radius 1 is 0.760 bits per heavy atom. The average molecular weight is 339 g/mol. The summed E-state index contributed by atoms with van der Waals surface area (Å²) in [5, 5.41) is 0. The van der Waals surface area contributed by atoms with Crippen LogP contribution >= 0.6 is 0 Å². The van der Waals surface area contributed by atoms with Gasteiger partial charge in [-0.25, -0.2) is 0 Å². The van der Waals surface area contributed by atoms with Crippen molar-refractivity contribution in [1.82, 2.24) is 0 Å². The first-order valence-corrected chi connectivity index (χ1v) is 9.90. The van der Waals surface area contributed by atoms with Crippen LogP contribution in [0.2, 0.25) is 0 Å². The van der Waals surface area contributed by atoms with Crippen LogP contribution < -0.4 is 4.74 Å². The van der Waals surface area contributed by atoms with Gasteiger partial charge in [-0.2, -0.15) is 0 Å². The molecule has 0 bridgehead atoms. The molecular weight excluding hydrogens is 304 g/mol. The zero-order chi connectivity index (χ0) is 18.1. The molecule has 0 aliphatic heterocycles. The van der Waals surface area contributed by atoms with E-state index < -0.39 is 0 Å². The van der Waals surface area contributed by atoms with Crippen LogP contribution in [0, 0.1) is 6.92 Å². The first-order chi connectivity index (χ1) is 12.1. The molecule has 0 aliphatic carbocycles. The van der Waals surface area contributed by atoms with Crippen LogP contribution in [-0.2, 0) is 5.41 Å². The van der Waals surface area contributed by atoms with Gasteiger partial charge < -0.3 is 4.74 Å². The van der Waals surface area contributed by atoms with E-state index in [-0.39, 0.29) is 5.41 Å². The fraction of sp³-hybridized carbons (Fsp3) is 0.500. The molecule has 0 heterocycles. The fourth-order valence-corrected chi connectivity index (χ4v) is 3.31. The summed E-state index contributed by atoms with van der Waals surface area (Å²) in [6, 6.07) is 17.7. The van der Waals surface area contributed by atoms with E-state index in [1.165, 1.54) is 42.4 Å². The van der Waals surface area contributed by atoms with Gasteiger partial charge in [0.15, 0.2) is 0 Å². The van der Waals surface area contributed by atoms with Gasteiger partial charge in [-0.3, -0.25) is 0 Å². The minimum absolute atomic E-state index is 0.0480. The standard InChI is InChI=1S/C24H34O/c1-5-7-8-9-10-19-25-23-17-15-22(16-18-23)24(4,6-2)21-13-11-20(3)12-14-21/h11-18H,5-10,19H2,1-4H3. The highest BCUT2D eigenvalue weighted by Gasteiger charge is 2.26. The molecule has 0 saturated heterocycles. The zero-order valence-electron chi connectivity index (χ0n) is 16.5. The van der Waals surface area contributed by atoms with Crippen LogP contribution in [0.1, 0.15) is 76.0 Å². The number of rotatable bonds is 10. The van der Waals surface area contributed by atoms with E-state index in [0.717, 1.165) is 25.2 Å². The molecule has 0 aromatic heterocycles. The van der Waals surface area contributed by atoms with E-state index >= 15 is 0 Å². The quantitative estimate of drug-likeness (QED) is 0.421. The van der Waals surface area contributed by atoms with Crippen LogP contribution in [0.3, 0.4) is 0 Å². The monoisotopic (exact) mass is 338 g/mol. The maximum Gasteiger partial charge on any atom is 0.119 e. The lowest BCUT2D eigenvalue weighted by molar-refractivity contribution is 0.304. The Labute approximate surface area is 154 Å². The van der Waals surface area contributed by atoms with Crippen molar-refractivity contribution < 1.29 is 4.74 Å². The van der Waals surface area contributed by atoms with Gasteiger partial charge in [0.25, 0.3) is 0 Å². The van der Waals surface area contributed by atoms with Crippen molar-refractivity contribution in [2.24, 2.45) is 0 Å². The Balaban J connectivity index is 1.98. The van der Waals surface area contributed by atoms with Gasteiger partial charge in [0.2, 0.25) is 0 Å². The third-order valence-corrected chi connectivity index (χ3v) is 5.40. The smallest absolute Gasteiger partial charge is 0.119 e. The molecule has 2 aromatic rings. The van der Waals surface area contributed by atoms with Crippen LogP contribution in [-0.4, -0.2) is 6.61 Å². The van der Waals surface area contributed by atoms with Crippen molar-refractivity contribution in [2.75, 3.05) is 6.61 Å². The second kappa shape index (κ2) is 9.65. The second-order valence-corrected chi connectivity index (χ2v) is 7.34. The van der Waals surface area contributed by atoms with E-state index in [1.807, 2.05) is 0 Å². The second-order valence-electron chi connectivity index (χ2n) is 7.34. The molecule has 0 fully saturated rings. The van der Waals surface area contributed by atoms with E-state index in [1.54, 1.807) is 0 Å². The number of ether oxygens (including phenoxy) is 1. The lowest BCUT2D eigenvalue weighted by Gasteiger charge is -2.30. The molecular formula is C24H34O. The van der Waals surface area contributed by atoms with Gasteiger partial charge in [0.1, 0.15) is 5.75 Å². The minimum Gasteiger partial charge on any atom is -0.494 e. The highest BCUT2D eigenvalue weighted by molar-refractivity contribution is 5.41. The van der Waals surface area contributed by atoms with Gasteiger partial charge in [0.05, 0.1) is 6.61 Å². The van der Waals surface area contributed by atoms with Crippen LogP contribution in [0.15, 0.2) is 48.5 Å². The predicted molar refractivity (Wildman–Crippen MR) is 109 cm³/mol. The molecule has 25 heavy (non-hydrogen) atoms. The summed E-state index contributed by atoms with van der Waals surface area (Å²) in [7, 11) is 0. The summed E-state index contributed by atoms with van der Waals surface area (Å²) < 4.78 is 5.91. The van der Waals surface area contributed by atoms with E-state index in [0.29, 0.717) is 0 Å². The topological polar surface area (TPSA) is 9.23 Å². The molecule has 2 rings (SSSR count). The van der Waals surface area contributed by atoms with Gasteiger partial charge >= 0.3 is 0 Å². The Bertz CT molecular complexity index is 612. The summed E-state index contributed by atoms with van der Waals surface area (Å²) in [5.74, 6) is 0.988. The lowest BCUT2D eigenvalue weighted by atomic mass is 9.74. The first kappa shape index (κ1) is 19.6. The highest BCUT2D eigenvalue weighted by Crippen LogP contribution is 2.36. The van der Waals surface area contributed by atoms with Crippen molar-refractivity contribution in [3.05, 3.63) is 65.2 Å². The summed E-state index contributed by atoms with van der Waals surface area (Å²) >= 11 is 0. The Morgan fingerprint density at radius 2 is 1.32 bits per heavy atom. The van der Waals surface area contributed by atoms with Gasteiger partial charge in [-0.05, 0) is 43.0 Å². The molecule has 0 spiro atoms. The maximum absolute atomic E-state index is 5.91. The third kappa shape index (κ3) is 5.36. The van der Waals surface area contributed by atoms with Crippen molar-refractivity contribution in [3.8, 4) is 5.75 Å². The number of unbranched alkanes of at least 4 members (excludes halogenated alkanes) is 4. The average Bonchev–Trinajstić information content (AvgIpc) is 2.65. The van der Waals surface area contributed by atoms with Crippen LogP contribution in [0.25, 0.3) is 0 Å². The SMILES string of the molecule is CCCCCCCOc1ccc(C(C)(CC)c2ccc(C)cc2)cc1. The Hall–Kier alpha value is -1.76. The van der Waals surface area contributed by atoms with Crippen molar-refractivity contribution >= 4 is 0 Å². The molecule has 1 heteroatoms. The number of aryl methyl sites for hydroxylation is 1. The highest BCUT2D eigenvalue weighted by atomic mass is 16.5.